The minimum atomic E-state index is -1.14. The van der Waals surface area contributed by atoms with Crippen LogP contribution in [0.2, 0.25) is 5.02 Å². The van der Waals surface area contributed by atoms with Crippen LogP contribution in [0.5, 0.6) is 5.75 Å². The van der Waals surface area contributed by atoms with Gasteiger partial charge in [0.1, 0.15) is 11.6 Å². The van der Waals surface area contributed by atoms with Crippen LogP contribution in [0.1, 0.15) is 11.1 Å². The first kappa shape index (κ1) is 14.1. The van der Waals surface area contributed by atoms with E-state index in [2.05, 4.69) is 0 Å². The van der Waals surface area contributed by atoms with E-state index < -0.39 is 11.8 Å². The second kappa shape index (κ2) is 5.75. The number of aromatic hydroxyl groups is 1. The molecule has 0 aliphatic carbocycles. The third-order valence-electron chi connectivity index (χ3n) is 2.67. The molecule has 0 amide bonds. The third kappa shape index (κ3) is 3.16. The molecule has 2 N–H and O–H groups in total. The Bertz CT molecular complexity index is 678. The zero-order chi connectivity index (χ0) is 14.7. The highest BCUT2D eigenvalue weighted by Gasteiger charge is 2.11. The van der Waals surface area contributed by atoms with Crippen molar-refractivity contribution in [2.24, 2.45) is 0 Å². The number of halogens is 2. The van der Waals surface area contributed by atoms with E-state index in [1.807, 2.05) is 0 Å². The Hall–Kier alpha value is -2.33. The molecule has 0 aliphatic heterocycles. The smallest absolute Gasteiger partial charge is 0.336 e. The number of phenols is 1. The first-order valence-electron chi connectivity index (χ1n) is 5.67. The molecule has 20 heavy (non-hydrogen) atoms. The molecule has 0 bridgehead atoms. The first-order valence-corrected chi connectivity index (χ1v) is 6.04. The molecule has 2 aromatic carbocycles. The second-order valence-corrected chi connectivity index (χ2v) is 4.49. The van der Waals surface area contributed by atoms with Crippen molar-refractivity contribution in [3.05, 3.63) is 64.4 Å². The van der Waals surface area contributed by atoms with Gasteiger partial charge >= 0.3 is 5.97 Å². The van der Waals surface area contributed by atoms with Gasteiger partial charge in [0.15, 0.2) is 0 Å². The van der Waals surface area contributed by atoms with Gasteiger partial charge in [0.25, 0.3) is 0 Å². The molecule has 0 saturated heterocycles. The van der Waals surface area contributed by atoms with E-state index in [1.165, 1.54) is 48.5 Å². The molecule has 0 spiro atoms. The van der Waals surface area contributed by atoms with E-state index in [0.29, 0.717) is 11.1 Å². The first-order chi connectivity index (χ1) is 9.47. The summed E-state index contributed by atoms with van der Waals surface area (Å²) >= 11 is 5.77. The van der Waals surface area contributed by atoms with Gasteiger partial charge in [-0.25, -0.2) is 9.18 Å². The summed E-state index contributed by atoms with van der Waals surface area (Å²) in [4.78, 5) is 11.3. The van der Waals surface area contributed by atoms with Crippen LogP contribution in [0.15, 0.2) is 42.5 Å². The van der Waals surface area contributed by atoms with E-state index in [9.17, 15) is 19.4 Å². The van der Waals surface area contributed by atoms with Gasteiger partial charge < -0.3 is 10.2 Å². The summed E-state index contributed by atoms with van der Waals surface area (Å²) in [7, 11) is 0. The van der Waals surface area contributed by atoms with E-state index in [-0.39, 0.29) is 16.3 Å². The molecule has 0 heterocycles. The fourth-order valence-corrected chi connectivity index (χ4v) is 1.87. The molecule has 0 unspecified atom stereocenters. The Kier molecular flexibility index (Phi) is 4.05. The van der Waals surface area contributed by atoms with Gasteiger partial charge in [-0.15, -0.1) is 0 Å². The maximum atomic E-state index is 12.9. The van der Waals surface area contributed by atoms with Crippen molar-refractivity contribution >= 4 is 29.2 Å². The van der Waals surface area contributed by atoms with Crippen LogP contribution >= 0.6 is 11.6 Å². The zero-order valence-electron chi connectivity index (χ0n) is 10.2. The molecule has 0 aromatic heterocycles. The topological polar surface area (TPSA) is 57.5 Å². The Balaban J connectivity index is 2.47. The molecule has 0 aliphatic rings. The fourth-order valence-electron chi connectivity index (χ4n) is 1.68. The van der Waals surface area contributed by atoms with Crippen molar-refractivity contribution in [3.63, 3.8) is 0 Å². The zero-order valence-corrected chi connectivity index (χ0v) is 10.9. The number of benzene rings is 2. The van der Waals surface area contributed by atoms with Gasteiger partial charge in [0.05, 0.1) is 10.6 Å². The summed E-state index contributed by atoms with van der Waals surface area (Å²) in [5, 5.41) is 18.7. The lowest BCUT2D eigenvalue weighted by molar-refractivity contribution is -0.130. The van der Waals surface area contributed by atoms with Gasteiger partial charge in [-0.05, 0) is 41.5 Å². The Morgan fingerprint density at radius 3 is 2.35 bits per heavy atom. The number of carboxylic acid groups (broad SMARTS) is 1. The molecule has 0 radical (unpaired) electrons. The summed E-state index contributed by atoms with van der Waals surface area (Å²) in [6.07, 6.45) is 1.40. The summed E-state index contributed by atoms with van der Waals surface area (Å²) in [5.74, 6) is -1.66. The number of hydrogen-bond acceptors (Lipinski definition) is 2. The molecule has 5 heteroatoms. The highest BCUT2D eigenvalue weighted by Crippen LogP contribution is 2.26. The summed E-state index contributed by atoms with van der Waals surface area (Å²) in [6.45, 7) is 0. The standard InChI is InChI=1S/C15H10ClFO3/c16-13-8-9(1-6-14(13)18)7-12(15(19)20)10-2-4-11(17)5-3-10/h1-8,18H,(H,19,20)/b12-7-. The molecular formula is C15H10ClFO3. The molecule has 2 aromatic rings. The van der Waals surface area contributed by atoms with Gasteiger partial charge in [-0.3, -0.25) is 0 Å². The van der Waals surface area contributed by atoms with Crippen molar-refractivity contribution in [3.8, 4) is 5.75 Å². The van der Waals surface area contributed by atoms with E-state index in [0.717, 1.165) is 0 Å². The van der Waals surface area contributed by atoms with E-state index in [4.69, 9.17) is 11.6 Å². The summed E-state index contributed by atoms with van der Waals surface area (Å²) in [6, 6.07) is 9.51. The van der Waals surface area contributed by atoms with Crippen molar-refractivity contribution < 1.29 is 19.4 Å². The maximum Gasteiger partial charge on any atom is 0.336 e. The summed E-state index contributed by atoms with van der Waals surface area (Å²) < 4.78 is 12.9. The van der Waals surface area contributed by atoms with Gasteiger partial charge in [0, 0.05) is 0 Å². The number of rotatable bonds is 3. The highest BCUT2D eigenvalue weighted by molar-refractivity contribution is 6.32. The quantitative estimate of drug-likeness (QED) is 0.668. The van der Waals surface area contributed by atoms with Crippen LogP contribution in [0.25, 0.3) is 11.6 Å². The average Bonchev–Trinajstić information content (AvgIpc) is 2.41. The van der Waals surface area contributed by atoms with Crippen molar-refractivity contribution in [1.82, 2.24) is 0 Å². The van der Waals surface area contributed by atoms with Crippen LogP contribution in [0.4, 0.5) is 4.39 Å². The number of hydrogen-bond donors (Lipinski definition) is 2. The monoisotopic (exact) mass is 292 g/mol. The van der Waals surface area contributed by atoms with Gasteiger partial charge in [-0.2, -0.15) is 0 Å². The molecule has 0 fully saturated rings. The largest absolute Gasteiger partial charge is 0.506 e. The van der Waals surface area contributed by atoms with Crippen LogP contribution in [0.3, 0.4) is 0 Å². The average molecular weight is 293 g/mol. The predicted octanol–water partition coefficient (Wildman–Crippen LogP) is 3.81. The molecule has 102 valence electrons. The van der Waals surface area contributed by atoms with E-state index >= 15 is 0 Å². The minimum Gasteiger partial charge on any atom is -0.506 e. The number of carbonyl (C=O) groups is 1. The Labute approximate surface area is 119 Å². The van der Waals surface area contributed by atoms with Crippen LogP contribution in [-0.4, -0.2) is 16.2 Å². The Morgan fingerprint density at radius 2 is 1.80 bits per heavy atom. The Morgan fingerprint density at radius 1 is 1.15 bits per heavy atom. The molecule has 0 saturated carbocycles. The number of phenolic OH excluding ortho intramolecular Hbond substituents is 1. The van der Waals surface area contributed by atoms with E-state index in [1.54, 1.807) is 0 Å². The number of aliphatic carboxylic acids is 1. The van der Waals surface area contributed by atoms with Crippen molar-refractivity contribution in [2.75, 3.05) is 0 Å². The predicted molar refractivity (Wildman–Crippen MR) is 75.0 cm³/mol. The maximum absolute atomic E-state index is 12.9. The van der Waals surface area contributed by atoms with Crippen molar-refractivity contribution in [2.45, 2.75) is 0 Å². The second-order valence-electron chi connectivity index (χ2n) is 4.08. The minimum absolute atomic E-state index is 0.00626. The fraction of sp³-hybridized carbons (Fsp3) is 0. The van der Waals surface area contributed by atoms with Crippen LogP contribution in [-0.2, 0) is 4.79 Å². The normalized spacial score (nSPS) is 11.4. The molecular weight excluding hydrogens is 283 g/mol. The highest BCUT2D eigenvalue weighted by atomic mass is 35.5. The lowest BCUT2D eigenvalue weighted by atomic mass is 10.0. The SMILES string of the molecule is O=C(O)/C(=C\c1ccc(O)c(Cl)c1)c1ccc(F)cc1. The third-order valence-corrected chi connectivity index (χ3v) is 2.97. The molecule has 3 nitrogen and oxygen atoms in total. The van der Waals surface area contributed by atoms with Gasteiger partial charge in [0.2, 0.25) is 0 Å². The molecule has 2 rings (SSSR count). The lowest BCUT2D eigenvalue weighted by Gasteiger charge is -2.04. The van der Waals surface area contributed by atoms with Crippen LogP contribution < -0.4 is 0 Å². The molecule has 0 atom stereocenters. The summed E-state index contributed by atoms with van der Waals surface area (Å²) in [5.41, 5.74) is 0.907. The van der Waals surface area contributed by atoms with Crippen molar-refractivity contribution in [1.29, 1.82) is 0 Å². The van der Waals surface area contributed by atoms with Crippen LogP contribution in [0, 0.1) is 5.82 Å². The number of carboxylic acids is 1. The van der Waals surface area contributed by atoms with Gasteiger partial charge in [-0.1, -0.05) is 29.8 Å². The lowest BCUT2D eigenvalue weighted by Crippen LogP contribution is -1.99.